The van der Waals surface area contributed by atoms with Crippen molar-refractivity contribution in [1.29, 1.82) is 0 Å². The van der Waals surface area contributed by atoms with Gasteiger partial charge in [0.1, 0.15) is 6.04 Å². The molecule has 4 rings (SSSR count). The predicted molar refractivity (Wildman–Crippen MR) is 96.9 cm³/mol. The standard InChI is InChI=1S/C19H17BrN2O2/c1-24-19(23)16-10-13-11-6-3-5-9-15(11)21-18(13)17(22-16)12-7-2-4-8-14(12)20/h2-9,16-17,21-22H,10H2,1H3/t16-,17-/m0/s1. The summed E-state index contributed by atoms with van der Waals surface area (Å²) in [5.41, 5.74) is 4.48. The van der Waals surface area contributed by atoms with E-state index in [-0.39, 0.29) is 18.1 Å². The largest absolute Gasteiger partial charge is 0.468 e. The van der Waals surface area contributed by atoms with Gasteiger partial charge in [0.2, 0.25) is 0 Å². The van der Waals surface area contributed by atoms with E-state index in [9.17, 15) is 4.79 Å². The van der Waals surface area contributed by atoms with Crippen LogP contribution in [0.1, 0.15) is 22.9 Å². The zero-order chi connectivity index (χ0) is 16.7. The molecule has 0 fully saturated rings. The van der Waals surface area contributed by atoms with E-state index in [1.807, 2.05) is 30.3 Å². The van der Waals surface area contributed by atoms with Crippen molar-refractivity contribution in [1.82, 2.24) is 10.3 Å². The van der Waals surface area contributed by atoms with Gasteiger partial charge in [-0.05, 0) is 23.3 Å². The van der Waals surface area contributed by atoms with Crippen molar-refractivity contribution in [3.8, 4) is 0 Å². The van der Waals surface area contributed by atoms with E-state index < -0.39 is 0 Å². The highest BCUT2D eigenvalue weighted by Gasteiger charge is 2.34. The molecule has 24 heavy (non-hydrogen) atoms. The molecule has 2 aromatic carbocycles. The SMILES string of the molecule is COC(=O)[C@@H]1Cc2c([nH]c3ccccc23)[C@H](c2ccccc2Br)N1. The van der Waals surface area contributed by atoms with Gasteiger partial charge in [-0.25, -0.2) is 0 Å². The van der Waals surface area contributed by atoms with Crippen LogP contribution >= 0.6 is 15.9 Å². The Bertz CT molecular complexity index is 919. The van der Waals surface area contributed by atoms with Gasteiger partial charge in [-0.15, -0.1) is 0 Å². The fourth-order valence-corrected chi connectivity index (χ4v) is 4.00. The van der Waals surface area contributed by atoms with Crippen molar-refractivity contribution in [3.63, 3.8) is 0 Å². The molecule has 2 atom stereocenters. The molecule has 0 radical (unpaired) electrons. The second-order valence-corrected chi connectivity index (χ2v) is 6.82. The summed E-state index contributed by atoms with van der Waals surface area (Å²) < 4.78 is 6.00. The van der Waals surface area contributed by atoms with Crippen LogP contribution in [0, 0.1) is 0 Å². The molecular weight excluding hydrogens is 368 g/mol. The van der Waals surface area contributed by atoms with Gasteiger partial charge in [0.25, 0.3) is 0 Å². The van der Waals surface area contributed by atoms with Gasteiger partial charge in [-0.1, -0.05) is 52.3 Å². The molecule has 122 valence electrons. The zero-order valence-corrected chi connectivity index (χ0v) is 14.8. The lowest BCUT2D eigenvalue weighted by atomic mass is 9.90. The van der Waals surface area contributed by atoms with Crippen LogP contribution in [-0.4, -0.2) is 24.1 Å². The number of hydrogen-bond acceptors (Lipinski definition) is 3. The highest BCUT2D eigenvalue weighted by atomic mass is 79.9. The van der Waals surface area contributed by atoms with Crippen LogP contribution in [0.4, 0.5) is 0 Å². The smallest absolute Gasteiger partial charge is 0.323 e. The van der Waals surface area contributed by atoms with Crippen molar-refractivity contribution >= 4 is 32.8 Å². The summed E-state index contributed by atoms with van der Waals surface area (Å²) in [6.07, 6.45) is 0.618. The summed E-state index contributed by atoms with van der Waals surface area (Å²) in [5.74, 6) is -0.233. The van der Waals surface area contributed by atoms with Crippen LogP contribution in [0.2, 0.25) is 0 Å². The summed E-state index contributed by atoms with van der Waals surface area (Å²) in [6, 6.07) is 15.8. The number of rotatable bonds is 2. The van der Waals surface area contributed by atoms with E-state index >= 15 is 0 Å². The maximum Gasteiger partial charge on any atom is 0.323 e. The summed E-state index contributed by atoms with van der Waals surface area (Å²) in [6.45, 7) is 0. The zero-order valence-electron chi connectivity index (χ0n) is 13.2. The Balaban J connectivity index is 1.90. The first kappa shape index (κ1) is 15.4. The lowest BCUT2D eigenvalue weighted by molar-refractivity contribution is -0.143. The monoisotopic (exact) mass is 384 g/mol. The topological polar surface area (TPSA) is 54.1 Å². The molecule has 0 aliphatic carbocycles. The van der Waals surface area contributed by atoms with Crippen LogP contribution in [-0.2, 0) is 16.0 Å². The van der Waals surface area contributed by atoms with E-state index in [1.165, 1.54) is 18.1 Å². The van der Waals surface area contributed by atoms with Crippen LogP contribution in [0.5, 0.6) is 0 Å². The maximum absolute atomic E-state index is 12.2. The fraction of sp³-hybridized carbons (Fsp3) is 0.211. The summed E-state index contributed by atoms with van der Waals surface area (Å²) in [5, 5.41) is 4.61. The lowest BCUT2D eigenvalue weighted by Gasteiger charge is -2.30. The third kappa shape index (κ3) is 2.44. The van der Waals surface area contributed by atoms with Gasteiger partial charge in [0.15, 0.2) is 0 Å². The number of methoxy groups -OCH3 is 1. The van der Waals surface area contributed by atoms with Gasteiger partial charge in [0.05, 0.1) is 13.2 Å². The number of nitrogens with one attached hydrogen (secondary N) is 2. The minimum Gasteiger partial charge on any atom is -0.468 e. The number of para-hydroxylation sites is 1. The third-order valence-corrected chi connectivity index (χ3v) is 5.34. The van der Waals surface area contributed by atoms with Gasteiger partial charge < -0.3 is 9.72 Å². The van der Waals surface area contributed by atoms with E-state index in [1.54, 1.807) is 0 Å². The minimum absolute atomic E-state index is 0.0965. The van der Waals surface area contributed by atoms with Crippen LogP contribution in [0.3, 0.4) is 0 Å². The van der Waals surface area contributed by atoms with Crippen molar-refractivity contribution < 1.29 is 9.53 Å². The first-order valence-electron chi connectivity index (χ1n) is 7.87. The molecule has 3 aromatic rings. The number of aromatic amines is 1. The second-order valence-electron chi connectivity index (χ2n) is 5.96. The number of esters is 1. The van der Waals surface area contributed by atoms with Crippen molar-refractivity contribution in [3.05, 3.63) is 69.8 Å². The molecule has 2 heterocycles. The summed E-state index contributed by atoms with van der Waals surface area (Å²) in [4.78, 5) is 15.7. The van der Waals surface area contributed by atoms with E-state index in [4.69, 9.17) is 4.74 Å². The van der Waals surface area contributed by atoms with Crippen molar-refractivity contribution in [2.45, 2.75) is 18.5 Å². The van der Waals surface area contributed by atoms with Gasteiger partial charge in [-0.3, -0.25) is 10.1 Å². The summed E-state index contributed by atoms with van der Waals surface area (Å²) in [7, 11) is 1.43. The Morgan fingerprint density at radius 2 is 1.92 bits per heavy atom. The minimum atomic E-state index is -0.362. The first-order chi connectivity index (χ1) is 11.7. The average molecular weight is 385 g/mol. The molecule has 0 bridgehead atoms. The van der Waals surface area contributed by atoms with Gasteiger partial charge in [-0.2, -0.15) is 0 Å². The maximum atomic E-state index is 12.2. The Hall–Kier alpha value is -2.11. The number of carbonyl (C=O) groups excluding carboxylic acids is 1. The molecule has 0 unspecified atom stereocenters. The normalized spacial score (nSPS) is 19.9. The molecule has 0 saturated carbocycles. The number of ether oxygens (including phenoxy) is 1. The molecule has 2 N–H and O–H groups in total. The highest BCUT2D eigenvalue weighted by Crippen LogP contribution is 2.37. The lowest BCUT2D eigenvalue weighted by Crippen LogP contribution is -2.45. The molecule has 1 aliphatic rings. The number of benzene rings is 2. The first-order valence-corrected chi connectivity index (χ1v) is 8.66. The van der Waals surface area contributed by atoms with Crippen LogP contribution in [0.25, 0.3) is 10.9 Å². The van der Waals surface area contributed by atoms with Gasteiger partial charge >= 0.3 is 5.97 Å². The van der Waals surface area contributed by atoms with Crippen LogP contribution in [0.15, 0.2) is 53.0 Å². The Morgan fingerprint density at radius 3 is 2.71 bits per heavy atom. The molecule has 1 aliphatic heterocycles. The number of carbonyl (C=O) groups is 1. The third-order valence-electron chi connectivity index (χ3n) is 4.61. The molecule has 1 aromatic heterocycles. The molecule has 0 spiro atoms. The number of H-pyrrole nitrogens is 1. The number of aromatic nitrogens is 1. The van der Waals surface area contributed by atoms with Crippen molar-refractivity contribution in [2.75, 3.05) is 7.11 Å². The summed E-state index contributed by atoms with van der Waals surface area (Å²) >= 11 is 3.63. The number of hydrogen-bond donors (Lipinski definition) is 2. The number of fused-ring (bicyclic) bond motifs is 3. The Kier molecular flexibility index (Phi) is 3.90. The van der Waals surface area contributed by atoms with Crippen LogP contribution < -0.4 is 5.32 Å². The fourth-order valence-electron chi connectivity index (χ4n) is 3.48. The number of halogens is 1. The van der Waals surface area contributed by atoms with E-state index in [0.717, 1.165) is 21.2 Å². The quantitative estimate of drug-likeness (QED) is 0.662. The molecule has 5 heteroatoms. The Morgan fingerprint density at radius 1 is 1.17 bits per heavy atom. The molecule has 0 amide bonds. The van der Waals surface area contributed by atoms with Crippen molar-refractivity contribution in [2.24, 2.45) is 0 Å². The molecular formula is C19H17BrN2O2. The highest BCUT2D eigenvalue weighted by molar-refractivity contribution is 9.10. The predicted octanol–water partition coefficient (Wildman–Crippen LogP) is 3.71. The second kappa shape index (κ2) is 6.07. The molecule has 0 saturated heterocycles. The Labute approximate surface area is 148 Å². The average Bonchev–Trinajstić information content (AvgIpc) is 2.99. The molecule has 4 nitrogen and oxygen atoms in total. The van der Waals surface area contributed by atoms with Gasteiger partial charge in [0, 0.05) is 27.5 Å². The van der Waals surface area contributed by atoms with E-state index in [2.05, 4.69) is 44.4 Å². The van der Waals surface area contributed by atoms with E-state index in [0.29, 0.717) is 6.42 Å².